The molecule has 0 saturated heterocycles. The summed E-state index contributed by atoms with van der Waals surface area (Å²) >= 11 is 0. The standard InChI is InChI=1S/C16H21F2N3O/c1-20(2)9-12-7-19-8-13-10-21(4-3-14(12)13)15(22)11-5-16(17,18)6-11/h7-8,11H,3-6,9-10H2,1-2H3. The van der Waals surface area contributed by atoms with Crippen LogP contribution in [0.1, 0.15) is 29.5 Å². The Labute approximate surface area is 129 Å². The molecule has 1 saturated carbocycles. The van der Waals surface area contributed by atoms with Crippen LogP contribution in [0.3, 0.4) is 0 Å². The van der Waals surface area contributed by atoms with Gasteiger partial charge in [0.15, 0.2) is 0 Å². The van der Waals surface area contributed by atoms with Crippen molar-refractivity contribution in [3.63, 3.8) is 0 Å². The Morgan fingerprint density at radius 2 is 2.14 bits per heavy atom. The molecule has 120 valence electrons. The second-order valence-electron chi connectivity index (χ2n) is 6.64. The predicted octanol–water partition coefficient (Wildman–Crippen LogP) is 2.07. The number of pyridine rings is 1. The molecule has 1 amide bonds. The minimum atomic E-state index is -2.64. The third kappa shape index (κ3) is 2.97. The number of halogens is 2. The van der Waals surface area contributed by atoms with Gasteiger partial charge in [0.25, 0.3) is 0 Å². The van der Waals surface area contributed by atoms with E-state index in [9.17, 15) is 13.6 Å². The molecule has 1 aromatic heterocycles. The lowest BCUT2D eigenvalue weighted by molar-refractivity contribution is -0.160. The Morgan fingerprint density at radius 1 is 1.41 bits per heavy atom. The number of hydrogen-bond donors (Lipinski definition) is 0. The lowest BCUT2D eigenvalue weighted by atomic mass is 9.80. The molecule has 22 heavy (non-hydrogen) atoms. The summed E-state index contributed by atoms with van der Waals surface area (Å²) in [5, 5.41) is 0. The number of aromatic nitrogens is 1. The first kappa shape index (κ1) is 15.3. The molecule has 1 aliphatic carbocycles. The molecule has 0 aromatic carbocycles. The van der Waals surface area contributed by atoms with Crippen molar-refractivity contribution in [3.8, 4) is 0 Å². The van der Waals surface area contributed by atoms with E-state index >= 15 is 0 Å². The Balaban J connectivity index is 1.71. The van der Waals surface area contributed by atoms with E-state index in [1.807, 2.05) is 20.3 Å². The maximum absolute atomic E-state index is 12.9. The van der Waals surface area contributed by atoms with Gasteiger partial charge < -0.3 is 9.80 Å². The van der Waals surface area contributed by atoms with Crippen molar-refractivity contribution >= 4 is 5.91 Å². The average Bonchev–Trinajstić information content (AvgIpc) is 2.43. The molecule has 0 atom stereocenters. The summed E-state index contributed by atoms with van der Waals surface area (Å²) < 4.78 is 25.9. The van der Waals surface area contributed by atoms with Gasteiger partial charge in [-0.05, 0) is 37.2 Å². The summed E-state index contributed by atoms with van der Waals surface area (Å²) in [6, 6.07) is 0. The van der Waals surface area contributed by atoms with Gasteiger partial charge >= 0.3 is 0 Å². The number of amides is 1. The topological polar surface area (TPSA) is 36.4 Å². The smallest absolute Gasteiger partial charge is 0.249 e. The maximum Gasteiger partial charge on any atom is 0.249 e. The first-order chi connectivity index (χ1) is 10.4. The zero-order chi connectivity index (χ0) is 15.9. The van der Waals surface area contributed by atoms with Crippen LogP contribution in [0.2, 0.25) is 0 Å². The van der Waals surface area contributed by atoms with Crippen molar-refractivity contribution < 1.29 is 13.6 Å². The summed E-state index contributed by atoms with van der Waals surface area (Å²) in [6.45, 7) is 1.92. The van der Waals surface area contributed by atoms with Gasteiger partial charge in [0, 0.05) is 50.8 Å². The third-order valence-corrected chi connectivity index (χ3v) is 4.47. The van der Waals surface area contributed by atoms with Crippen molar-refractivity contribution in [2.24, 2.45) is 5.92 Å². The van der Waals surface area contributed by atoms with E-state index in [-0.39, 0.29) is 18.7 Å². The molecule has 3 rings (SSSR count). The SMILES string of the molecule is CN(C)Cc1cncc2c1CCN(C(=O)C1CC(F)(F)C1)C2. The summed E-state index contributed by atoms with van der Waals surface area (Å²) in [4.78, 5) is 20.4. The van der Waals surface area contributed by atoms with Crippen LogP contribution in [-0.4, -0.2) is 47.3 Å². The molecule has 0 unspecified atom stereocenters. The van der Waals surface area contributed by atoms with Crippen LogP contribution in [0.5, 0.6) is 0 Å². The van der Waals surface area contributed by atoms with E-state index < -0.39 is 11.8 Å². The van der Waals surface area contributed by atoms with Gasteiger partial charge in [0.1, 0.15) is 0 Å². The van der Waals surface area contributed by atoms with Crippen molar-refractivity contribution in [2.45, 2.75) is 38.3 Å². The first-order valence-corrected chi connectivity index (χ1v) is 7.62. The van der Waals surface area contributed by atoms with Crippen LogP contribution in [0.4, 0.5) is 8.78 Å². The van der Waals surface area contributed by atoms with E-state index in [1.165, 1.54) is 11.1 Å². The highest BCUT2D eigenvalue weighted by Gasteiger charge is 2.49. The van der Waals surface area contributed by atoms with Gasteiger partial charge in [-0.3, -0.25) is 9.78 Å². The highest BCUT2D eigenvalue weighted by atomic mass is 19.3. The Kier molecular flexibility index (Phi) is 3.89. The second kappa shape index (κ2) is 5.57. The van der Waals surface area contributed by atoms with Gasteiger partial charge in [0.2, 0.25) is 11.8 Å². The van der Waals surface area contributed by atoms with Gasteiger partial charge in [-0.1, -0.05) is 0 Å². The van der Waals surface area contributed by atoms with Crippen LogP contribution in [0.25, 0.3) is 0 Å². The lowest BCUT2D eigenvalue weighted by Gasteiger charge is -2.39. The summed E-state index contributed by atoms with van der Waals surface area (Å²) in [5.41, 5.74) is 3.49. The number of hydrogen-bond acceptors (Lipinski definition) is 3. The molecule has 2 heterocycles. The van der Waals surface area contributed by atoms with Crippen LogP contribution in [0.15, 0.2) is 12.4 Å². The van der Waals surface area contributed by atoms with Crippen LogP contribution in [-0.2, 0) is 24.3 Å². The lowest BCUT2D eigenvalue weighted by Crippen LogP contribution is -2.48. The van der Waals surface area contributed by atoms with Crippen molar-refractivity contribution in [3.05, 3.63) is 29.1 Å². The Bertz CT molecular complexity index is 581. The third-order valence-electron chi connectivity index (χ3n) is 4.47. The molecule has 0 spiro atoms. The number of carbonyl (C=O) groups excluding carboxylic acids is 1. The normalized spacial score (nSPS) is 20.7. The molecule has 0 bridgehead atoms. The number of fused-ring (bicyclic) bond motifs is 1. The summed E-state index contributed by atoms with van der Waals surface area (Å²) in [7, 11) is 4.02. The van der Waals surface area contributed by atoms with E-state index in [0.717, 1.165) is 18.5 Å². The van der Waals surface area contributed by atoms with Gasteiger partial charge in [-0.25, -0.2) is 8.78 Å². The molecule has 2 aliphatic rings. The van der Waals surface area contributed by atoms with Crippen LogP contribution >= 0.6 is 0 Å². The van der Waals surface area contributed by atoms with Crippen molar-refractivity contribution in [2.75, 3.05) is 20.6 Å². The van der Waals surface area contributed by atoms with Crippen molar-refractivity contribution in [1.29, 1.82) is 0 Å². The largest absolute Gasteiger partial charge is 0.338 e. The predicted molar refractivity (Wildman–Crippen MR) is 78.4 cm³/mol. The quantitative estimate of drug-likeness (QED) is 0.858. The molecule has 6 heteroatoms. The highest BCUT2D eigenvalue weighted by Crippen LogP contribution is 2.43. The molecular formula is C16H21F2N3O. The second-order valence-corrected chi connectivity index (χ2v) is 6.64. The molecule has 1 aromatic rings. The fourth-order valence-electron chi connectivity index (χ4n) is 3.33. The van der Waals surface area contributed by atoms with Crippen LogP contribution in [0, 0.1) is 5.92 Å². The summed E-state index contributed by atoms with van der Waals surface area (Å²) in [6.07, 6.45) is 3.85. The van der Waals surface area contributed by atoms with E-state index in [4.69, 9.17) is 0 Å². The van der Waals surface area contributed by atoms with Crippen molar-refractivity contribution in [1.82, 2.24) is 14.8 Å². The molecule has 1 fully saturated rings. The number of nitrogens with zero attached hydrogens (tertiary/aromatic N) is 3. The summed E-state index contributed by atoms with van der Waals surface area (Å²) in [5.74, 6) is -3.28. The van der Waals surface area contributed by atoms with E-state index in [1.54, 1.807) is 11.1 Å². The van der Waals surface area contributed by atoms with Gasteiger partial charge in [-0.2, -0.15) is 0 Å². The molecule has 0 N–H and O–H groups in total. The molecular weight excluding hydrogens is 288 g/mol. The number of alkyl halides is 2. The zero-order valence-corrected chi connectivity index (χ0v) is 13.0. The zero-order valence-electron chi connectivity index (χ0n) is 13.0. The van der Waals surface area contributed by atoms with Gasteiger partial charge in [-0.15, -0.1) is 0 Å². The molecule has 1 aliphatic heterocycles. The fourth-order valence-corrected chi connectivity index (χ4v) is 3.33. The Morgan fingerprint density at radius 3 is 2.77 bits per heavy atom. The minimum Gasteiger partial charge on any atom is -0.338 e. The Hall–Kier alpha value is -1.56. The number of rotatable bonds is 3. The van der Waals surface area contributed by atoms with E-state index in [0.29, 0.717) is 13.1 Å². The van der Waals surface area contributed by atoms with Crippen LogP contribution < -0.4 is 0 Å². The maximum atomic E-state index is 12.9. The highest BCUT2D eigenvalue weighted by molar-refractivity contribution is 5.80. The fraction of sp³-hybridized carbons (Fsp3) is 0.625. The number of carbonyl (C=O) groups is 1. The average molecular weight is 309 g/mol. The first-order valence-electron chi connectivity index (χ1n) is 7.62. The van der Waals surface area contributed by atoms with Gasteiger partial charge in [0.05, 0.1) is 0 Å². The molecule has 4 nitrogen and oxygen atoms in total. The molecule has 0 radical (unpaired) electrons. The monoisotopic (exact) mass is 309 g/mol. The van der Waals surface area contributed by atoms with E-state index in [2.05, 4.69) is 9.88 Å². The minimum absolute atomic E-state index is 0.130.